The Kier molecular flexibility index (Phi) is 5.35. The van der Waals surface area contributed by atoms with Crippen LogP contribution in [0.25, 0.3) is 0 Å². The van der Waals surface area contributed by atoms with E-state index in [1.165, 1.54) is 18.3 Å². The Balaban J connectivity index is 1.90. The van der Waals surface area contributed by atoms with E-state index in [-0.39, 0.29) is 5.69 Å². The van der Waals surface area contributed by atoms with E-state index in [2.05, 4.69) is 10.3 Å². The number of rotatable bonds is 4. The fraction of sp³-hybridized carbons (Fsp3) is 0.133. The zero-order valence-electron chi connectivity index (χ0n) is 11.6. The smallest absolute Gasteiger partial charge is 0.357 e. The first-order valence-electron chi connectivity index (χ1n) is 6.30. The number of aryl methyl sites for hydroxylation is 1. The molecule has 7 heteroatoms. The lowest BCUT2D eigenvalue weighted by Gasteiger charge is -2.07. The zero-order chi connectivity index (χ0) is 16.1. The molecule has 0 radical (unpaired) electrons. The lowest BCUT2D eigenvalue weighted by molar-refractivity contribution is -0.119. The molecule has 0 aliphatic rings. The van der Waals surface area contributed by atoms with Gasteiger partial charge in [-0.15, -0.1) is 0 Å². The summed E-state index contributed by atoms with van der Waals surface area (Å²) in [5.41, 5.74) is 1.47. The van der Waals surface area contributed by atoms with Crippen LogP contribution in [-0.2, 0) is 9.53 Å². The summed E-state index contributed by atoms with van der Waals surface area (Å²) >= 11 is 11.7. The van der Waals surface area contributed by atoms with Gasteiger partial charge in [0.1, 0.15) is 5.69 Å². The van der Waals surface area contributed by atoms with Crippen molar-refractivity contribution < 1.29 is 14.3 Å². The summed E-state index contributed by atoms with van der Waals surface area (Å²) in [6, 6.07) is 8.00. The number of pyridine rings is 1. The third kappa shape index (κ3) is 4.44. The van der Waals surface area contributed by atoms with Crippen molar-refractivity contribution in [3.8, 4) is 0 Å². The zero-order valence-corrected chi connectivity index (χ0v) is 13.1. The van der Waals surface area contributed by atoms with E-state index in [4.69, 9.17) is 27.9 Å². The molecule has 0 fully saturated rings. The number of hydrogen-bond acceptors (Lipinski definition) is 4. The molecular formula is C15H12Cl2N2O3. The number of esters is 1. The summed E-state index contributed by atoms with van der Waals surface area (Å²) in [4.78, 5) is 27.3. The maximum absolute atomic E-state index is 11.7. The third-order valence-electron chi connectivity index (χ3n) is 2.72. The maximum atomic E-state index is 11.7. The van der Waals surface area contributed by atoms with Gasteiger partial charge >= 0.3 is 5.97 Å². The monoisotopic (exact) mass is 338 g/mol. The van der Waals surface area contributed by atoms with Gasteiger partial charge in [-0.2, -0.15) is 0 Å². The van der Waals surface area contributed by atoms with Crippen LogP contribution in [0.3, 0.4) is 0 Å². The van der Waals surface area contributed by atoms with Crippen molar-refractivity contribution in [3.05, 3.63) is 57.8 Å². The van der Waals surface area contributed by atoms with Crippen molar-refractivity contribution in [1.29, 1.82) is 0 Å². The van der Waals surface area contributed by atoms with Gasteiger partial charge in [-0.1, -0.05) is 29.3 Å². The quantitative estimate of drug-likeness (QED) is 0.866. The van der Waals surface area contributed by atoms with Crippen LogP contribution in [-0.4, -0.2) is 23.5 Å². The Bertz CT molecular complexity index is 720. The second-order valence-electron chi connectivity index (χ2n) is 4.45. The lowest BCUT2D eigenvalue weighted by atomic mass is 10.2. The molecule has 5 nitrogen and oxygen atoms in total. The van der Waals surface area contributed by atoms with Gasteiger partial charge in [-0.25, -0.2) is 9.78 Å². The van der Waals surface area contributed by atoms with Crippen LogP contribution >= 0.6 is 23.2 Å². The predicted molar refractivity (Wildman–Crippen MR) is 84.3 cm³/mol. The topological polar surface area (TPSA) is 68.3 Å². The number of benzene rings is 1. The van der Waals surface area contributed by atoms with Crippen LogP contribution < -0.4 is 5.32 Å². The summed E-state index contributed by atoms with van der Waals surface area (Å²) < 4.78 is 4.87. The molecule has 0 aliphatic carbocycles. The summed E-state index contributed by atoms with van der Waals surface area (Å²) in [6.45, 7) is 1.42. The number of amides is 1. The van der Waals surface area contributed by atoms with Gasteiger partial charge in [0.2, 0.25) is 0 Å². The summed E-state index contributed by atoms with van der Waals surface area (Å²) in [6.07, 6.45) is 1.38. The molecule has 2 aromatic rings. The largest absolute Gasteiger partial charge is 0.451 e. The molecule has 1 N–H and O–H groups in total. The van der Waals surface area contributed by atoms with Gasteiger partial charge in [0, 0.05) is 21.9 Å². The Hall–Kier alpha value is -2.11. The first-order chi connectivity index (χ1) is 10.5. The van der Waals surface area contributed by atoms with Gasteiger partial charge < -0.3 is 10.1 Å². The molecule has 0 saturated carbocycles. The van der Waals surface area contributed by atoms with Gasteiger partial charge in [-0.3, -0.25) is 4.79 Å². The highest BCUT2D eigenvalue weighted by atomic mass is 35.5. The third-order valence-corrected chi connectivity index (χ3v) is 3.36. The van der Waals surface area contributed by atoms with Crippen LogP contribution in [0.1, 0.15) is 16.1 Å². The molecule has 1 aromatic carbocycles. The Morgan fingerprint density at radius 3 is 2.68 bits per heavy atom. The fourth-order valence-corrected chi connectivity index (χ4v) is 1.93. The molecule has 0 aliphatic heterocycles. The molecule has 0 spiro atoms. The number of carbonyl (C=O) groups is 2. The molecular weight excluding hydrogens is 327 g/mol. The first kappa shape index (κ1) is 16.3. The molecule has 1 aromatic heterocycles. The molecule has 0 atom stereocenters. The average molecular weight is 339 g/mol. The Morgan fingerprint density at radius 1 is 1.23 bits per heavy atom. The molecule has 2 rings (SSSR count). The summed E-state index contributed by atoms with van der Waals surface area (Å²) in [7, 11) is 0. The Labute approximate surface area is 137 Å². The van der Waals surface area contributed by atoms with Gasteiger partial charge in [-0.05, 0) is 36.8 Å². The van der Waals surface area contributed by atoms with E-state index in [0.717, 1.165) is 5.56 Å². The lowest BCUT2D eigenvalue weighted by Crippen LogP contribution is -2.21. The number of hydrogen-bond donors (Lipinski definition) is 1. The number of nitrogens with one attached hydrogen (secondary N) is 1. The number of ether oxygens (including phenoxy) is 1. The highest BCUT2D eigenvalue weighted by Crippen LogP contribution is 2.19. The van der Waals surface area contributed by atoms with Crippen molar-refractivity contribution in [3.63, 3.8) is 0 Å². The standard InChI is InChI=1S/C15H12Cl2N2O3/c1-9-2-3-11(7-12(9)17)19-14(20)8-22-15(21)13-6-10(16)4-5-18-13/h2-7H,8H2,1H3,(H,19,20). The highest BCUT2D eigenvalue weighted by Gasteiger charge is 2.12. The molecule has 114 valence electrons. The predicted octanol–water partition coefficient (Wildman–Crippen LogP) is 3.49. The van der Waals surface area contributed by atoms with Crippen molar-refractivity contribution in [2.24, 2.45) is 0 Å². The molecule has 0 saturated heterocycles. The van der Waals surface area contributed by atoms with Crippen molar-refractivity contribution in [2.45, 2.75) is 6.92 Å². The molecule has 22 heavy (non-hydrogen) atoms. The fourth-order valence-electron chi connectivity index (χ4n) is 1.59. The number of anilines is 1. The van der Waals surface area contributed by atoms with Gasteiger partial charge in [0.15, 0.2) is 6.61 Å². The highest BCUT2D eigenvalue weighted by molar-refractivity contribution is 6.31. The van der Waals surface area contributed by atoms with Crippen molar-refractivity contribution in [2.75, 3.05) is 11.9 Å². The molecule has 0 bridgehead atoms. The molecule has 1 amide bonds. The number of aromatic nitrogens is 1. The minimum atomic E-state index is -0.723. The minimum Gasteiger partial charge on any atom is -0.451 e. The second-order valence-corrected chi connectivity index (χ2v) is 5.29. The second kappa shape index (κ2) is 7.24. The number of halogens is 2. The SMILES string of the molecule is Cc1ccc(NC(=O)COC(=O)c2cc(Cl)ccn2)cc1Cl. The van der Waals surface area contributed by atoms with Crippen molar-refractivity contribution >= 4 is 40.8 Å². The average Bonchev–Trinajstić information content (AvgIpc) is 2.48. The van der Waals surface area contributed by atoms with Crippen LogP contribution in [0.15, 0.2) is 36.5 Å². The Morgan fingerprint density at radius 2 is 2.00 bits per heavy atom. The van der Waals surface area contributed by atoms with E-state index >= 15 is 0 Å². The van der Waals surface area contributed by atoms with Crippen LogP contribution in [0.2, 0.25) is 10.0 Å². The summed E-state index contributed by atoms with van der Waals surface area (Å²) in [5.74, 6) is -1.20. The van der Waals surface area contributed by atoms with Gasteiger partial charge in [0.25, 0.3) is 5.91 Å². The molecule has 1 heterocycles. The van der Waals surface area contributed by atoms with E-state index in [0.29, 0.717) is 15.7 Å². The number of carbonyl (C=O) groups excluding carboxylic acids is 2. The summed E-state index contributed by atoms with van der Waals surface area (Å²) in [5, 5.41) is 3.48. The van der Waals surface area contributed by atoms with Crippen LogP contribution in [0.5, 0.6) is 0 Å². The van der Waals surface area contributed by atoms with E-state index in [1.807, 2.05) is 6.92 Å². The van der Waals surface area contributed by atoms with Crippen molar-refractivity contribution in [1.82, 2.24) is 4.98 Å². The minimum absolute atomic E-state index is 0.0404. The van der Waals surface area contributed by atoms with E-state index in [9.17, 15) is 9.59 Å². The van der Waals surface area contributed by atoms with Crippen LogP contribution in [0.4, 0.5) is 5.69 Å². The normalized spacial score (nSPS) is 10.1. The maximum Gasteiger partial charge on any atom is 0.357 e. The van der Waals surface area contributed by atoms with Gasteiger partial charge in [0.05, 0.1) is 0 Å². The first-order valence-corrected chi connectivity index (χ1v) is 7.06. The van der Waals surface area contributed by atoms with E-state index < -0.39 is 18.5 Å². The molecule has 0 unspecified atom stereocenters. The number of nitrogens with zero attached hydrogens (tertiary/aromatic N) is 1. The van der Waals surface area contributed by atoms with Crippen LogP contribution in [0, 0.1) is 6.92 Å². The van der Waals surface area contributed by atoms with E-state index in [1.54, 1.807) is 18.2 Å².